The normalized spacial score (nSPS) is 18.2. The maximum atomic E-state index is 12.5. The van der Waals surface area contributed by atoms with Gasteiger partial charge in [0.1, 0.15) is 11.5 Å². The maximum Gasteiger partial charge on any atom is 0.422 e. The van der Waals surface area contributed by atoms with Gasteiger partial charge in [-0.2, -0.15) is 26.3 Å². The van der Waals surface area contributed by atoms with Gasteiger partial charge in [-0.25, -0.2) is 0 Å². The van der Waals surface area contributed by atoms with Crippen molar-refractivity contribution in [2.24, 2.45) is 0 Å². The minimum Gasteiger partial charge on any atom is -0.484 e. The van der Waals surface area contributed by atoms with E-state index >= 15 is 0 Å². The number of hydrogen-bond acceptors (Lipinski definition) is 4. The molecule has 1 unspecified atom stereocenters. The standard InChI is InChI=1S/C19H24F6N2O3/c1-13-4-2-3-8-27(13)9-7-26-17(28)15-10-14(29-11-18(20,21)22)5-6-16(15)30-12-19(23,24)25/h5-6,10,13H,2-4,7-9,11-12H2,1H3,(H,26,28). The second-order valence-corrected chi connectivity index (χ2v) is 7.10. The summed E-state index contributed by atoms with van der Waals surface area (Å²) in [7, 11) is 0. The van der Waals surface area contributed by atoms with Crippen LogP contribution in [0.4, 0.5) is 26.3 Å². The van der Waals surface area contributed by atoms with Crippen molar-refractivity contribution in [3.63, 3.8) is 0 Å². The molecule has 1 fully saturated rings. The predicted molar refractivity (Wildman–Crippen MR) is 96.8 cm³/mol. The fraction of sp³-hybridized carbons (Fsp3) is 0.632. The number of alkyl halides is 6. The highest BCUT2D eigenvalue weighted by Gasteiger charge is 2.30. The molecule has 170 valence electrons. The zero-order valence-corrected chi connectivity index (χ0v) is 16.4. The highest BCUT2D eigenvalue weighted by atomic mass is 19.4. The van der Waals surface area contributed by atoms with Crippen molar-refractivity contribution >= 4 is 5.91 Å². The van der Waals surface area contributed by atoms with E-state index in [1.54, 1.807) is 0 Å². The summed E-state index contributed by atoms with van der Waals surface area (Å²) >= 11 is 0. The first-order chi connectivity index (χ1) is 13.9. The monoisotopic (exact) mass is 442 g/mol. The Morgan fingerprint density at radius 1 is 1.10 bits per heavy atom. The number of carbonyl (C=O) groups excluding carboxylic acids is 1. The van der Waals surface area contributed by atoms with Crippen LogP contribution in [0.5, 0.6) is 11.5 Å². The molecule has 30 heavy (non-hydrogen) atoms. The summed E-state index contributed by atoms with van der Waals surface area (Å²) in [5, 5.41) is 2.58. The molecule has 5 nitrogen and oxygen atoms in total. The molecule has 1 aliphatic rings. The SMILES string of the molecule is CC1CCCCN1CCNC(=O)c1cc(OCC(F)(F)F)ccc1OCC(F)(F)F. The van der Waals surface area contributed by atoms with Crippen LogP contribution in [-0.4, -0.2) is 62.0 Å². The second kappa shape index (κ2) is 10.2. The third-order valence-electron chi connectivity index (χ3n) is 4.61. The Labute approximate surface area is 170 Å². The Kier molecular flexibility index (Phi) is 8.22. The first kappa shape index (κ1) is 24.1. The second-order valence-electron chi connectivity index (χ2n) is 7.10. The van der Waals surface area contributed by atoms with E-state index in [1.807, 2.05) is 0 Å². The Morgan fingerprint density at radius 3 is 2.40 bits per heavy atom. The van der Waals surface area contributed by atoms with Crippen LogP contribution in [0, 0.1) is 0 Å². The number of carbonyl (C=O) groups is 1. The van der Waals surface area contributed by atoms with Crippen LogP contribution in [0.15, 0.2) is 18.2 Å². The van der Waals surface area contributed by atoms with Gasteiger partial charge < -0.3 is 14.8 Å². The summed E-state index contributed by atoms with van der Waals surface area (Å²) in [6, 6.07) is 3.30. The molecular formula is C19H24F6N2O3. The number of likely N-dealkylation sites (tertiary alicyclic amines) is 1. The number of benzene rings is 1. The Balaban J connectivity index is 2.06. The van der Waals surface area contributed by atoms with E-state index < -0.39 is 37.2 Å². The van der Waals surface area contributed by atoms with E-state index in [0.29, 0.717) is 12.6 Å². The minimum absolute atomic E-state index is 0.232. The molecule has 0 aliphatic carbocycles. The Bertz CT molecular complexity index is 708. The molecular weight excluding hydrogens is 418 g/mol. The highest BCUT2D eigenvalue weighted by Crippen LogP contribution is 2.28. The van der Waals surface area contributed by atoms with E-state index in [9.17, 15) is 31.1 Å². The number of nitrogens with zero attached hydrogens (tertiary/aromatic N) is 1. The van der Waals surface area contributed by atoms with Gasteiger partial charge in [-0.1, -0.05) is 6.42 Å². The lowest BCUT2D eigenvalue weighted by molar-refractivity contribution is -0.154. The van der Waals surface area contributed by atoms with Gasteiger partial charge in [0, 0.05) is 19.1 Å². The molecule has 1 aromatic carbocycles. The van der Waals surface area contributed by atoms with Crippen LogP contribution in [0.2, 0.25) is 0 Å². The number of nitrogens with one attached hydrogen (secondary N) is 1. The van der Waals surface area contributed by atoms with Crippen molar-refractivity contribution in [1.82, 2.24) is 10.2 Å². The van der Waals surface area contributed by atoms with Crippen molar-refractivity contribution in [3.8, 4) is 11.5 Å². The molecule has 1 N–H and O–H groups in total. The number of rotatable bonds is 8. The van der Waals surface area contributed by atoms with E-state index in [1.165, 1.54) is 0 Å². The lowest BCUT2D eigenvalue weighted by Gasteiger charge is -2.33. The van der Waals surface area contributed by atoms with Gasteiger partial charge in [-0.05, 0) is 44.5 Å². The van der Waals surface area contributed by atoms with Crippen LogP contribution in [0.3, 0.4) is 0 Å². The van der Waals surface area contributed by atoms with E-state index in [0.717, 1.165) is 44.0 Å². The number of piperidine rings is 1. The number of ether oxygens (including phenoxy) is 2. The highest BCUT2D eigenvalue weighted by molar-refractivity contribution is 5.97. The summed E-state index contributed by atoms with van der Waals surface area (Å²) < 4.78 is 83.7. The fourth-order valence-corrected chi connectivity index (χ4v) is 3.12. The van der Waals surface area contributed by atoms with Crippen LogP contribution in [0.1, 0.15) is 36.5 Å². The topological polar surface area (TPSA) is 50.8 Å². The van der Waals surface area contributed by atoms with Gasteiger partial charge in [0.25, 0.3) is 5.91 Å². The lowest BCUT2D eigenvalue weighted by Crippen LogP contribution is -2.42. The van der Waals surface area contributed by atoms with Crippen molar-refractivity contribution in [2.75, 3.05) is 32.8 Å². The molecule has 0 radical (unpaired) electrons. The quantitative estimate of drug-likeness (QED) is 0.614. The molecule has 1 saturated heterocycles. The number of hydrogen-bond donors (Lipinski definition) is 1. The molecule has 1 amide bonds. The fourth-order valence-electron chi connectivity index (χ4n) is 3.12. The van der Waals surface area contributed by atoms with Crippen molar-refractivity contribution in [1.29, 1.82) is 0 Å². The van der Waals surface area contributed by atoms with Crippen LogP contribution < -0.4 is 14.8 Å². The average Bonchev–Trinajstić information content (AvgIpc) is 2.65. The molecule has 1 aliphatic heterocycles. The van der Waals surface area contributed by atoms with Crippen LogP contribution in [0.25, 0.3) is 0 Å². The zero-order valence-electron chi connectivity index (χ0n) is 16.4. The van der Waals surface area contributed by atoms with Crippen molar-refractivity contribution < 1.29 is 40.6 Å². The van der Waals surface area contributed by atoms with Gasteiger partial charge in [0.05, 0.1) is 5.56 Å². The smallest absolute Gasteiger partial charge is 0.422 e. The first-order valence-electron chi connectivity index (χ1n) is 9.50. The first-order valence-corrected chi connectivity index (χ1v) is 9.50. The summed E-state index contributed by atoms with van der Waals surface area (Å²) in [4.78, 5) is 14.7. The summed E-state index contributed by atoms with van der Waals surface area (Å²) in [6.07, 6.45) is -6.01. The van der Waals surface area contributed by atoms with Crippen LogP contribution in [-0.2, 0) is 0 Å². The third-order valence-corrected chi connectivity index (χ3v) is 4.61. The number of halogens is 6. The lowest BCUT2D eigenvalue weighted by atomic mass is 10.0. The summed E-state index contributed by atoms with van der Waals surface area (Å²) in [5.41, 5.74) is -0.328. The molecule has 1 heterocycles. The Morgan fingerprint density at radius 2 is 1.77 bits per heavy atom. The van der Waals surface area contributed by atoms with Gasteiger partial charge in [-0.3, -0.25) is 9.69 Å². The van der Waals surface area contributed by atoms with Crippen molar-refractivity contribution in [3.05, 3.63) is 23.8 Å². The zero-order chi connectivity index (χ0) is 22.4. The minimum atomic E-state index is -4.64. The van der Waals surface area contributed by atoms with Gasteiger partial charge in [-0.15, -0.1) is 0 Å². The molecule has 11 heteroatoms. The van der Waals surface area contributed by atoms with Crippen molar-refractivity contribution in [2.45, 2.75) is 44.6 Å². The van der Waals surface area contributed by atoms with Crippen LogP contribution >= 0.6 is 0 Å². The van der Waals surface area contributed by atoms with Gasteiger partial charge in [0.15, 0.2) is 13.2 Å². The van der Waals surface area contributed by atoms with Gasteiger partial charge >= 0.3 is 12.4 Å². The number of amides is 1. The van der Waals surface area contributed by atoms with Gasteiger partial charge in [0.2, 0.25) is 0 Å². The molecule has 0 bridgehead atoms. The molecule has 0 saturated carbocycles. The molecule has 1 atom stereocenters. The average molecular weight is 442 g/mol. The molecule has 2 rings (SSSR count). The largest absolute Gasteiger partial charge is 0.484 e. The Hall–Kier alpha value is -2.17. The predicted octanol–water partition coefficient (Wildman–Crippen LogP) is 4.17. The summed E-state index contributed by atoms with van der Waals surface area (Å²) in [5.74, 6) is -1.45. The van der Waals surface area contributed by atoms with E-state index in [2.05, 4.69) is 26.6 Å². The third kappa shape index (κ3) is 8.29. The molecule has 1 aromatic rings. The molecule has 0 spiro atoms. The maximum absolute atomic E-state index is 12.5. The molecule has 0 aromatic heterocycles. The summed E-state index contributed by atoms with van der Waals surface area (Å²) in [6.45, 7) is 0.514. The van der Waals surface area contributed by atoms with E-state index in [4.69, 9.17) is 0 Å². The van der Waals surface area contributed by atoms with E-state index in [-0.39, 0.29) is 17.9 Å².